The molecule has 1 unspecified atom stereocenters. The molecular formula is C18H34N4O2. The number of ether oxygens (including phenoxy) is 1. The van der Waals surface area contributed by atoms with Crippen LogP contribution in [0.15, 0.2) is 4.99 Å². The highest BCUT2D eigenvalue weighted by molar-refractivity contribution is 5.80. The van der Waals surface area contributed by atoms with E-state index in [1.54, 1.807) is 0 Å². The number of rotatable bonds is 5. The van der Waals surface area contributed by atoms with Crippen LogP contribution >= 0.6 is 0 Å². The number of methoxy groups -OCH3 is 1. The largest absolute Gasteiger partial charge is 0.469 e. The van der Waals surface area contributed by atoms with Crippen molar-refractivity contribution in [2.75, 3.05) is 46.4 Å². The standard InChI is InChI=1S/C18H34N4O2/c1-4-19-18(20-10-14-21-11-6-5-7-15(21)2)22-12-8-16(9-13-22)17(23)24-3/h15-16H,4-14H2,1-3H3,(H,19,20). The van der Waals surface area contributed by atoms with Gasteiger partial charge in [0.1, 0.15) is 0 Å². The number of carbonyl (C=O) groups excluding carboxylic acids is 1. The molecule has 6 nitrogen and oxygen atoms in total. The summed E-state index contributed by atoms with van der Waals surface area (Å²) in [4.78, 5) is 21.3. The normalized spacial score (nSPS) is 24.0. The van der Waals surface area contributed by atoms with E-state index in [1.807, 2.05) is 0 Å². The number of esters is 1. The Kier molecular flexibility index (Phi) is 7.82. The maximum atomic E-state index is 11.7. The van der Waals surface area contributed by atoms with E-state index in [0.717, 1.165) is 51.5 Å². The number of hydrogen-bond donors (Lipinski definition) is 1. The Morgan fingerprint density at radius 1 is 1.21 bits per heavy atom. The van der Waals surface area contributed by atoms with Gasteiger partial charge in [-0.15, -0.1) is 0 Å². The maximum absolute atomic E-state index is 11.7. The highest BCUT2D eigenvalue weighted by Crippen LogP contribution is 2.19. The Hall–Kier alpha value is -1.30. The minimum Gasteiger partial charge on any atom is -0.469 e. The first-order valence-electron chi connectivity index (χ1n) is 9.50. The fourth-order valence-electron chi connectivity index (χ4n) is 3.69. The number of carbonyl (C=O) groups is 1. The lowest BCUT2D eigenvalue weighted by Gasteiger charge is -2.34. The molecule has 2 fully saturated rings. The number of hydrogen-bond acceptors (Lipinski definition) is 4. The molecule has 6 heteroatoms. The number of aliphatic imine (C=N–C) groups is 1. The van der Waals surface area contributed by atoms with Crippen LogP contribution in [-0.4, -0.2) is 74.1 Å². The second-order valence-electron chi connectivity index (χ2n) is 6.90. The Balaban J connectivity index is 1.83. The first kappa shape index (κ1) is 19.0. The molecule has 2 heterocycles. The zero-order valence-corrected chi connectivity index (χ0v) is 15.6. The molecule has 138 valence electrons. The predicted molar refractivity (Wildman–Crippen MR) is 97.2 cm³/mol. The van der Waals surface area contributed by atoms with Crippen LogP contribution in [-0.2, 0) is 9.53 Å². The lowest BCUT2D eigenvalue weighted by Crippen LogP contribution is -2.47. The molecule has 0 spiro atoms. The lowest BCUT2D eigenvalue weighted by atomic mass is 9.97. The van der Waals surface area contributed by atoms with E-state index in [9.17, 15) is 4.79 Å². The maximum Gasteiger partial charge on any atom is 0.308 e. The van der Waals surface area contributed by atoms with Gasteiger partial charge in [-0.1, -0.05) is 6.42 Å². The monoisotopic (exact) mass is 338 g/mol. The van der Waals surface area contributed by atoms with Gasteiger partial charge < -0.3 is 15.0 Å². The molecule has 0 aromatic heterocycles. The van der Waals surface area contributed by atoms with E-state index >= 15 is 0 Å². The molecule has 2 rings (SSSR count). The molecule has 0 aromatic rings. The van der Waals surface area contributed by atoms with Gasteiger partial charge in [-0.25, -0.2) is 0 Å². The number of likely N-dealkylation sites (tertiary alicyclic amines) is 2. The van der Waals surface area contributed by atoms with Crippen molar-refractivity contribution in [1.29, 1.82) is 0 Å². The summed E-state index contributed by atoms with van der Waals surface area (Å²) >= 11 is 0. The molecule has 0 aliphatic carbocycles. The van der Waals surface area contributed by atoms with Crippen molar-refractivity contribution in [3.8, 4) is 0 Å². The summed E-state index contributed by atoms with van der Waals surface area (Å²) in [6.45, 7) is 10.1. The number of piperidine rings is 2. The van der Waals surface area contributed by atoms with Crippen molar-refractivity contribution >= 4 is 11.9 Å². The van der Waals surface area contributed by atoms with Gasteiger partial charge >= 0.3 is 5.97 Å². The van der Waals surface area contributed by atoms with E-state index in [0.29, 0.717) is 6.04 Å². The highest BCUT2D eigenvalue weighted by atomic mass is 16.5. The summed E-state index contributed by atoms with van der Waals surface area (Å²) in [5, 5.41) is 3.40. The zero-order chi connectivity index (χ0) is 17.4. The van der Waals surface area contributed by atoms with Crippen LogP contribution in [0.3, 0.4) is 0 Å². The van der Waals surface area contributed by atoms with Gasteiger partial charge in [0.05, 0.1) is 19.6 Å². The first-order chi connectivity index (χ1) is 11.7. The van der Waals surface area contributed by atoms with Crippen LogP contribution in [0.2, 0.25) is 0 Å². The van der Waals surface area contributed by atoms with E-state index < -0.39 is 0 Å². The summed E-state index contributed by atoms with van der Waals surface area (Å²) in [5.74, 6) is 0.962. The van der Waals surface area contributed by atoms with Gasteiger partial charge in [0.25, 0.3) is 0 Å². The third-order valence-corrected chi connectivity index (χ3v) is 5.25. The molecule has 2 aliphatic rings. The average Bonchev–Trinajstić information content (AvgIpc) is 2.62. The fraction of sp³-hybridized carbons (Fsp3) is 0.889. The van der Waals surface area contributed by atoms with Crippen LogP contribution in [0.4, 0.5) is 0 Å². The summed E-state index contributed by atoms with van der Waals surface area (Å²) in [6, 6.07) is 0.687. The van der Waals surface area contributed by atoms with Gasteiger partial charge in [0.2, 0.25) is 0 Å². The Labute approximate surface area is 146 Å². The summed E-state index contributed by atoms with van der Waals surface area (Å²) in [6.07, 6.45) is 5.68. The predicted octanol–water partition coefficient (Wildman–Crippen LogP) is 1.71. The van der Waals surface area contributed by atoms with Crippen LogP contribution in [0.1, 0.15) is 46.0 Å². The third-order valence-electron chi connectivity index (χ3n) is 5.25. The van der Waals surface area contributed by atoms with Gasteiger partial charge in [-0.2, -0.15) is 0 Å². The summed E-state index contributed by atoms with van der Waals surface area (Å²) < 4.78 is 4.87. The van der Waals surface area contributed by atoms with E-state index in [-0.39, 0.29) is 11.9 Å². The average molecular weight is 338 g/mol. The third kappa shape index (κ3) is 5.36. The number of guanidine groups is 1. The second-order valence-corrected chi connectivity index (χ2v) is 6.90. The highest BCUT2D eigenvalue weighted by Gasteiger charge is 2.27. The van der Waals surface area contributed by atoms with Crippen molar-refractivity contribution < 1.29 is 9.53 Å². The Bertz CT molecular complexity index is 419. The van der Waals surface area contributed by atoms with E-state index in [1.165, 1.54) is 32.9 Å². The van der Waals surface area contributed by atoms with Crippen LogP contribution in [0, 0.1) is 5.92 Å². The molecule has 0 amide bonds. The summed E-state index contributed by atoms with van der Waals surface area (Å²) in [5.41, 5.74) is 0. The molecule has 0 radical (unpaired) electrons. The topological polar surface area (TPSA) is 57.2 Å². The number of nitrogens with zero attached hydrogens (tertiary/aromatic N) is 3. The minimum atomic E-state index is -0.0734. The summed E-state index contributed by atoms with van der Waals surface area (Å²) in [7, 11) is 1.47. The lowest BCUT2D eigenvalue weighted by molar-refractivity contribution is -0.146. The van der Waals surface area contributed by atoms with Crippen molar-refractivity contribution in [3.63, 3.8) is 0 Å². The Morgan fingerprint density at radius 2 is 1.96 bits per heavy atom. The van der Waals surface area contributed by atoms with Gasteiger partial charge in [0, 0.05) is 32.2 Å². The zero-order valence-electron chi connectivity index (χ0n) is 15.6. The van der Waals surface area contributed by atoms with E-state index in [2.05, 4.69) is 29.0 Å². The minimum absolute atomic E-state index is 0.0447. The quantitative estimate of drug-likeness (QED) is 0.470. The molecule has 2 aliphatic heterocycles. The van der Waals surface area contributed by atoms with Crippen LogP contribution < -0.4 is 5.32 Å². The van der Waals surface area contributed by atoms with Gasteiger partial charge in [0.15, 0.2) is 5.96 Å². The van der Waals surface area contributed by atoms with Crippen molar-refractivity contribution in [1.82, 2.24) is 15.1 Å². The second kappa shape index (κ2) is 9.87. The molecule has 1 N–H and O–H groups in total. The smallest absolute Gasteiger partial charge is 0.308 e. The molecule has 24 heavy (non-hydrogen) atoms. The molecule has 2 saturated heterocycles. The van der Waals surface area contributed by atoms with Crippen LogP contribution in [0.25, 0.3) is 0 Å². The number of nitrogens with one attached hydrogen (secondary N) is 1. The first-order valence-corrected chi connectivity index (χ1v) is 9.50. The molecule has 0 bridgehead atoms. The van der Waals surface area contributed by atoms with Crippen LogP contribution in [0.5, 0.6) is 0 Å². The van der Waals surface area contributed by atoms with Crippen molar-refractivity contribution in [3.05, 3.63) is 0 Å². The van der Waals surface area contributed by atoms with Gasteiger partial charge in [-0.05, 0) is 46.1 Å². The molecule has 0 aromatic carbocycles. The van der Waals surface area contributed by atoms with Crippen molar-refractivity contribution in [2.24, 2.45) is 10.9 Å². The van der Waals surface area contributed by atoms with Crippen molar-refractivity contribution in [2.45, 2.75) is 52.0 Å². The SMILES string of the molecule is CCNC(=NCCN1CCCCC1C)N1CCC(C(=O)OC)CC1. The fourth-order valence-corrected chi connectivity index (χ4v) is 3.69. The molecule has 0 saturated carbocycles. The molecule has 1 atom stereocenters. The molecular weight excluding hydrogens is 304 g/mol. The van der Waals surface area contributed by atoms with Gasteiger partial charge in [-0.3, -0.25) is 14.7 Å². The Morgan fingerprint density at radius 3 is 2.58 bits per heavy atom. The van der Waals surface area contributed by atoms with E-state index in [4.69, 9.17) is 9.73 Å².